The molecule has 1 heterocycles. The highest BCUT2D eigenvalue weighted by Crippen LogP contribution is 2.39. The summed E-state index contributed by atoms with van der Waals surface area (Å²) in [7, 11) is 0. The first-order valence-electron chi connectivity index (χ1n) is 11.6. The SMILES string of the molecule is CCOC(=O)C1=C(O)/C(=C/c2ccc(OCc3ccc(Cl)cc3Cl)cc2)SC1=NC(=O)c1ccccc1C. The maximum Gasteiger partial charge on any atom is 0.344 e. The molecule has 0 bridgehead atoms. The highest BCUT2D eigenvalue weighted by atomic mass is 35.5. The maximum atomic E-state index is 12.9. The van der Waals surface area contributed by atoms with Crippen LogP contribution in [0.2, 0.25) is 10.0 Å². The lowest BCUT2D eigenvalue weighted by Crippen LogP contribution is -2.14. The molecule has 38 heavy (non-hydrogen) atoms. The number of aliphatic hydroxyl groups is 1. The van der Waals surface area contributed by atoms with E-state index >= 15 is 0 Å². The van der Waals surface area contributed by atoms with Crippen LogP contribution in [0.15, 0.2) is 88.0 Å². The first kappa shape index (κ1) is 27.5. The number of ether oxygens (including phenoxy) is 2. The lowest BCUT2D eigenvalue weighted by atomic mass is 10.1. The second kappa shape index (κ2) is 12.3. The summed E-state index contributed by atoms with van der Waals surface area (Å²) in [4.78, 5) is 30.0. The Morgan fingerprint density at radius 3 is 2.47 bits per heavy atom. The van der Waals surface area contributed by atoms with E-state index in [9.17, 15) is 14.7 Å². The summed E-state index contributed by atoms with van der Waals surface area (Å²) in [5.74, 6) is -0.927. The van der Waals surface area contributed by atoms with E-state index in [0.29, 0.717) is 26.3 Å². The molecule has 9 heteroatoms. The predicted molar refractivity (Wildman–Crippen MR) is 152 cm³/mol. The molecule has 3 aromatic carbocycles. The van der Waals surface area contributed by atoms with Crippen molar-refractivity contribution in [2.24, 2.45) is 4.99 Å². The molecule has 0 saturated carbocycles. The number of aliphatic imine (C=N–C) groups is 1. The minimum absolute atomic E-state index is 0.0836. The summed E-state index contributed by atoms with van der Waals surface area (Å²) in [5, 5.41) is 12.0. The average Bonchev–Trinajstić information content (AvgIpc) is 3.18. The molecule has 1 aliphatic rings. The van der Waals surface area contributed by atoms with E-state index in [2.05, 4.69) is 4.99 Å². The lowest BCUT2D eigenvalue weighted by Gasteiger charge is -2.08. The van der Waals surface area contributed by atoms with Gasteiger partial charge in [0.05, 0.1) is 11.5 Å². The van der Waals surface area contributed by atoms with Crippen LogP contribution < -0.4 is 4.74 Å². The van der Waals surface area contributed by atoms with E-state index in [1.807, 2.05) is 6.07 Å². The van der Waals surface area contributed by atoms with Crippen molar-refractivity contribution in [2.75, 3.05) is 6.61 Å². The number of benzene rings is 3. The zero-order chi connectivity index (χ0) is 27.2. The minimum Gasteiger partial charge on any atom is -0.506 e. The highest BCUT2D eigenvalue weighted by molar-refractivity contribution is 8.18. The molecule has 0 aliphatic carbocycles. The average molecular weight is 568 g/mol. The normalized spacial score (nSPS) is 15.3. The van der Waals surface area contributed by atoms with Gasteiger partial charge in [0.25, 0.3) is 5.91 Å². The molecular formula is C29H23Cl2NO5S. The van der Waals surface area contributed by atoms with Gasteiger partial charge in [-0.3, -0.25) is 4.79 Å². The molecule has 0 radical (unpaired) electrons. The molecule has 0 aromatic heterocycles. The summed E-state index contributed by atoms with van der Waals surface area (Å²) in [6.07, 6.45) is 1.69. The Morgan fingerprint density at radius 2 is 1.79 bits per heavy atom. The van der Waals surface area contributed by atoms with Crippen LogP contribution in [0.5, 0.6) is 5.75 Å². The second-order valence-electron chi connectivity index (χ2n) is 8.19. The third-order valence-electron chi connectivity index (χ3n) is 5.54. The van der Waals surface area contributed by atoms with Crippen LogP contribution in [-0.4, -0.2) is 28.6 Å². The standard InChI is InChI=1S/C29H23Cl2NO5S/c1-3-36-29(35)25-26(33)24(38-28(25)32-27(34)22-7-5-4-6-17(22)2)14-18-8-12-21(13-9-18)37-16-19-10-11-20(30)15-23(19)31/h4-15,33H,3,16H2,1-2H3/b24-14-,32-28?. The minimum atomic E-state index is -0.748. The molecule has 1 amide bonds. The summed E-state index contributed by atoms with van der Waals surface area (Å²) in [6, 6.07) is 19.4. The van der Waals surface area contributed by atoms with Crippen molar-refractivity contribution in [1.82, 2.24) is 0 Å². The number of hydrogen-bond donors (Lipinski definition) is 1. The number of hydrogen-bond acceptors (Lipinski definition) is 6. The Balaban J connectivity index is 1.56. The Morgan fingerprint density at radius 1 is 1.05 bits per heavy atom. The molecule has 0 spiro atoms. The van der Waals surface area contributed by atoms with Crippen molar-refractivity contribution in [1.29, 1.82) is 0 Å². The van der Waals surface area contributed by atoms with Crippen LogP contribution in [0.3, 0.4) is 0 Å². The molecule has 4 rings (SSSR count). The van der Waals surface area contributed by atoms with Crippen molar-refractivity contribution < 1.29 is 24.2 Å². The Bertz CT molecular complexity index is 1480. The number of rotatable bonds is 7. The fraction of sp³-hybridized carbons (Fsp3) is 0.138. The highest BCUT2D eigenvalue weighted by Gasteiger charge is 2.34. The van der Waals surface area contributed by atoms with Crippen molar-refractivity contribution in [2.45, 2.75) is 20.5 Å². The third kappa shape index (κ3) is 6.48. The van der Waals surface area contributed by atoms with Gasteiger partial charge < -0.3 is 14.6 Å². The fourth-order valence-corrected chi connectivity index (χ4v) is 5.04. The van der Waals surface area contributed by atoms with Crippen molar-refractivity contribution in [3.63, 3.8) is 0 Å². The van der Waals surface area contributed by atoms with E-state index in [-0.39, 0.29) is 29.6 Å². The summed E-state index contributed by atoms with van der Waals surface area (Å²) >= 11 is 13.2. The van der Waals surface area contributed by atoms with E-state index in [1.54, 1.807) is 80.6 Å². The lowest BCUT2D eigenvalue weighted by molar-refractivity contribution is -0.138. The van der Waals surface area contributed by atoms with Gasteiger partial charge in [0.15, 0.2) is 0 Å². The van der Waals surface area contributed by atoms with E-state index in [1.165, 1.54) is 0 Å². The molecule has 0 unspecified atom stereocenters. The van der Waals surface area contributed by atoms with Crippen molar-refractivity contribution >= 4 is 58.0 Å². The number of aliphatic hydroxyl groups excluding tert-OH is 1. The first-order valence-corrected chi connectivity index (χ1v) is 13.2. The summed E-state index contributed by atoms with van der Waals surface area (Å²) in [6.45, 7) is 3.85. The summed E-state index contributed by atoms with van der Waals surface area (Å²) < 4.78 is 10.9. The van der Waals surface area contributed by atoms with Gasteiger partial charge in [0, 0.05) is 21.2 Å². The number of amides is 1. The molecular weight excluding hydrogens is 545 g/mol. The number of halogens is 2. The summed E-state index contributed by atoms with van der Waals surface area (Å²) in [5.41, 5.74) is 2.58. The maximum absolute atomic E-state index is 12.9. The van der Waals surface area contributed by atoms with Crippen LogP contribution in [0.4, 0.5) is 0 Å². The third-order valence-corrected chi connectivity index (χ3v) is 7.14. The fourth-order valence-electron chi connectivity index (χ4n) is 3.57. The van der Waals surface area contributed by atoms with Crippen molar-refractivity contribution in [3.8, 4) is 5.75 Å². The van der Waals surface area contributed by atoms with Gasteiger partial charge in [0.2, 0.25) is 0 Å². The molecule has 3 aromatic rings. The first-order chi connectivity index (χ1) is 18.3. The predicted octanol–water partition coefficient (Wildman–Crippen LogP) is 7.58. The number of esters is 1. The Hall–Kier alpha value is -3.52. The van der Waals surface area contributed by atoms with E-state index in [4.69, 9.17) is 32.7 Å². The number of carbonyl (C=O) groups is 2. The van der Waals surface area contributed by atoms with Gasteiger partial charge in [0.1, 0.15) is 28.7 Å². The molecule has 6 nitrogen and oxygen atoms in total. The van der Waals surface area contributed by atoms with Gasteiger partial charge in [-0.15, -0.1) is 0 Å². The second-order valence-corrected chi connectivity index (χ2v) is 10.1. The van der Waals surface area contributed by atoms with Gasteiger partial charge in [-0.25, -0.2) is 9.79 Å². The van der Waals surface area contributed by atoms with Crippen LogP contribution in [0.25, 0.3) is 6.08 Å². The number of aryl methyl sites for hydroxylation is 1. The topological polar surface area (TPSA) is 85.2 Å². The van der Waals surface area contributed by atoms with E-state index in [0.717, 1.165) is 28.5 Å². The molecule has 0 fully saturated rings. The zero-order valence-corrected chi connectivity index (χ0v) is 22.9. The van der Waals surface area contributed by atoms with Crippen LogP contribution in [-0.2, 0) is 16.1 Å². The molecule has 0 saturated heterocycles. The molecule has 0 atom stereocenters. The smallest absolute Gasteiger partial charge is 0.344 e. The van der Waals surface area contributed by atoms with Gasteiger partial charge in [-0.2, -0.15) is 0 Å². The van der Waals surface area contributed by atoms with Crippen LogP contribution in [0, 0.1) is 6.92 Å². The Kier molecular flexibility index (Phi) is 8.94. The van der Waals surface area contributed by atoms with Gasteiger partial charge >= 0.3 is 5.97 Å². The van der Waals surface area contributed by atoms with Crippen LogP contribution >= 0.6 is 35.0 Å². The van der Waals surface area contributed by atoms with E-state index < -0.39 is 11.9 Å². The van der Waals surface area contributed by atoms with Gasteiger partial charge in [-0.05, 0) is 61.4 Å². The van der Waals surface area contributed by atoms with Crippen LogP contribution in [0.1, 0.15) is 34.0 Å². The number of carbonyl (C=O) groups excluding carboxylic acids is 2. The van der Waals surface area contributed by atoms with Gasteiger partial charge in [-0.1, -0.05) is 71.4 Å². The monoisotopic (exact) mass is 567 g/mol. The largest absolute Gasteiger partial charge is 0.506 e. The molecule has 194 valence electrons. The number of nitrogens with zero attached hydrogens (tertiary/aromatic N) is 1. The number of thioether (sulfide) groups is 1. The molecule has 1 N–H and O–H groups in total. The quantitative estimate of drug-likeness (QED) is 0.296. The molecule has 1 aliphatic heterocycles. The Labute approximate surface area is 234 Å². The zero-order valence-electron chi connectivity index (χ0n) is 20.5. The van der Waals surface area contributed by atoms with Crippen molar-refractivity contribution in [3.05, 3.63) is 115 Å².